The maximum Gasteiger partial charge on any atom is 0.260 e. The number of hydrogen-bond acceptors (Lipinski definition) is 6. The van der Waals surface area contributed by atoms with Crippen molar-refractivity contribution < 1.29 is 22.7 Å². The number of aliphatic hydroxyl groups is 1. The van der Waals surface area contributed by atoms with Crippen molar-refractivity contribution in [3.05, 3.63) is 57.3 Å². The highest BCUT2D eigenvalue weighted by molar-refractivity contribution is 14.1. The molecule has 3 N–H and O–H groups in total. The average Bonchev–Trinajstić information content (AvgIpc) is 3.00. The molecule has 0 aliphatic carbocycles. The molecule has 0 amide bonds. The standard InChI is InChI=1S/C17H16FIN4O4S/c1-21-14-4-3-12(6-13(14)18)27-15-8-23(10-17(15,24)9-20)28(25,26)16-5-2-11(19)7-22-16/h2-7,15,24H,8-10,20H2/t15-,17-/m0/s1. The van der Waals surface area contributed by atoms with Gasteiger partial charge in [0.15, 0.2) is 5.03 Å². The zero-order valence-corrected chi connectivity index (χ0v) is 17.4. The van der Waals surface area contributed by atoms with E-state index in [0.717, 1.165) is 13.9 Å². The fourth-order valence-electron chi connectivity index (χ4n) is 2.82. The summed E-state index contributed by atoms with van der Waals surface area (Å²) in [7, 11) is -3.97. The van der Waals surface area contributed by atoms with E-state index >= 15 is 0 Å². The second-order valence-corrected chi connectivity index (χ2v) is 9.38. The van der Waals surface area contributed by atoms with Gasteiger partial charge < -0.3 is 15.6 Å². The molecule has 1 aliphatic rings. The van der Waals surface area contributed by atoms with Crippen molar-refractivity contribution in [3.8, 4) is 5.75 Å². The number of ether oxygens (including phenoxy) is 1. The number of β-amino-alcohol motifs (C(OH)–C–C–N with tert-alkyl or cyclic N) is 1. The number of sulfonamides is 1. The summed E-state index contributed by atoms with van der Waals surface area (Å²) in [5.74, 6) is -0.706. The molecule has 1 fully saturated rings. The van der Waals surface area contributed by atoms with Crippen LogP contribution in [0.4, 0.5) is 10.1 Å². The largest absolute Gasteiger partial charge is 0.486 e. The van der Waals surface area contributed by atoms with Gasteiger partial charge in [0.05, 0.1) is 13.1 Å². The van der Waals surface area contributed by atoms with Crippen molar-refractivity contribution in [1.82, 2.24) is 9.29 Å². The summed E-state index contributed by atoms with van der Waals surface area (Å²) in [5, 5.41) is 10.6. The van der Waals surface area contributed by atoms with Crippen molar-refractivity contribution in [2.45, 2.75) is 16.7 Å². The van der Waals surface area contributed by atoms with Gasteiger partial charge in [-0.2, -0.15) is 4.31 Å². The topological polar surface area (TPSA) is 110 Å². The summed E-state index contributed by atoms with van der Waals surface area (Å²) in [4.78, 5) is 6.97. The Labute approximate surface area is 175 Å². The lowest BCUT2D eigenvalue weighted by atomic mass is 10.0. The number of hydrogen-bond donors (Lipinski definition) is 2. The molecule has 2 heterocycles. The summed E-state index contributed by atoms with van der Waals surface area (Å²) in [6.07, 6.45) is 0.406. The van der Waals surface area contributed by atoms with Crippen LogP contribution in [0.5, 0.6) is 5.75 Å². The van der Waals surface area contributed by atoms with Gasteiger partial charge in [-0.1, -0.05) is 0 Å². The third-order valence-electron chi connectivity index (χ3n) is 4.39. The quantitative estimate of drug-likeness (QED) is 0.459. The van der Waals surface area contributed by atoms with Crippen LogP contribution in [0.1, 0.15) is 0 Å². The fraction of sp³-hybridized carbons (Fsp3) is 0.294. The Morgan fingerprint density at radius 3 is 2.79 bits per heavy atom. The van der Waals surface area contributed by atoms with E-state index in [1.54, 1.807) is 6.07 Å². The molecule has 28 heavy (non-hydrogen) atoms. The van der Waals surface area contributed by atoms with Crippen LogP contribution in [0.15, 0.2) is 41.6 Å². The fourth-order valence-corrected chi connectivity index (χ4v) is 4.55. The third-order valence-corrected chi connectivity index (χ3v) is 6.76. The van der Waals surface area contributed by atoms with Gasteiger partial charge in [-0.15, -0.1) is 0 Å². The van der Waals surface area contributed by atoms with E-state index in [-0.39, 0.29) is 36.1 Å². The van der Waals surface area contributed by atoms with E-state index in [1.165, 1.54) is 24.4 Å². The molecule has 0 bridgehead atoms. The van der Waals surface area contributed by atoms with Crippen molar-refractivity contribution in [3.63, 3.8) is 0 Å². The van der Waals surface area contributed by atoms with E-state index in [4.69, 9.17) is 17.0 Å². The van der Waals surface area contributed by atoms with Crippen LogP contribution in [0, 0.1) is 16.0 Å². The van der Waals surface area contributed by atoms with E-state index in [0.29, 0.717) is 0 Å². The van der Waals surface area contributed by atoms with Crippen LogP contribution in [0.2, 0.25) is 0 Å². The monoisotopic (exact) mass is 518 g/mol. The Bertz CT molecular complexity index is 1030. The normalized spacial score (nSPS) is 22.8. The van der Waals surface area contributed by atoms with Gasteiger partial charge in [-0.3, -0.25) is 0 Å². The highest BCUT2D eigenvalue weighted by Gasteiger charge is 2.50. The first kappa shape index (κ1) is 20.9. The van der Waals surface area contributed by atoms with Crippen LogP contribution in [0.25, 0.3) is 4.85 Å². The third kappa shape index (κ3) is 3.96. The molecule has 148 valence electrons. The lowest BCUT2D eigenvalue weighted by Crippen LogP contribution is -2.50. The van der Waals surface area contributed by atoms with Crippen molar-refractivity contribution in [2.75, 3.05) is 19.6 Å². The summed E-state index contributed by atoms with van der Waals surface area (Å²) in [5.41, 5.74) is 3.84. The van der Waals surface area contributed by atoms with E-state index < -0.39 is 27.5 Å². The van der Waals surface area contributed by atoms with Gasteiger partial charge in [0.2, 0.25) is 5.69 Å². The molecule has 0 radical (unpaired) electrons. The lowest BCUT2D eigenvalue weighted by Gasteiger charge is -2.27. The molecule has 3 rings (SSSR count). The molecule has 2 atom stereocenters. The summed E-state index contributed by atoms with van der Waals surface area (Å²) in [6.45, 7) is 6.14. The molecule has 0 saturated carbocycles. The van der Waals surface area contributed by atoms with Gasteiger partial charge in [0, 0.05) is 28.9 Å². The highest BCUT2D eigenvalue weighted by Crippen LogP contribution is 2.31. The van der Waals surface area contributed by atoms with Crippen LogP contribution in [-0.4, -0.2) is 54.2 Å². The number of nitrogens with zero attached hydrogens (tertiary/aromatic N) is 3. The molecule has 0 unspecified atom stereocenters. The Morgan fingerprint density at radius 2 is 2.21 bits per heavy atom. The smallest absolute Gasteiger partial charge is 0.260 e. The molecular formula is C17H16FIN4O4S. The second kappa shape index (κ2) is 7.88. The maximum absolute atomic E-state index is 13.8. The average molecular weight is 518 g/mol. The van der Waals surface area contributed by atoms with Crippen LogP contribution < -0.4 is 10.5 Å². The predicted molar refractivity (Wildman–Crippen MR) is 107 cm³/mol. The van der Waals surface area contributed by atoms with Crippen molar-refractivity contribution in [2.24, 2.45) is 5.73 Å². The number of halogens is 2. The Balaban J connectivity index is 1.86. The summed E-state index contributed by atoms with van der Waals surface area (Å²) < 4.78 is 47.0. The first-order chi connectivity index (χ1) is 13.2. The highest BCUT2D eigenvalue weighted by atomic mass is 127. The van der Waals surface area contributed by atoms with Crippen molar-refractivity contribution >= 4 is 38.3 Å². The van der Waals surface area contributed by atoms with Gasteiger partial charge >= 0.3 is 0 Å². The first-order valence-electron chi connectivity index (χ1n) is 8.07. The molecule has 1 aromatic carbocycles. The molecule has 11 heteroatoms. The first-order valence-corrected chi connectivity index (χ1v) is 10.6. The predicted octanol–water partition coefficient (Wildman–Crippen LogP) is 1.52. The number of rotatable bonds is 5. The van der Waals surface area contributed by atoms with E-state index in [9.17, 15) is 17.9 Å². The van der Waals surface area contributed by atoms with Crippen molar-refractivity contribution in [1.29, 1.82) is 0 Å². The molecule has 8 nitrogen and oxygen atoms in total. The molecule has 1 saturated heterocycles. The van der Waals surface area contributed by atoms with Gasteiger partial charge in [-0.05, 0) is 46.9 Å². The van der Waals surface area contributed by atoms with E-state index in [2.05, 4.69) is 9.83 Å². The molecule has 1 aliphatic heterocycles. The van der Waals surface area contributed by atoms with E-state index in [1.807, 2.05) is 22.6 Å². The lowest BCUT2D eigenvalue weighted by molar-refractivity contribution is -0.0200. The van der Waals surface area contributed by atoms with Gasteiger partial charge in [0.25, 0.3) is 10.0 Å². The minimum absolute atomic E-state index is 0.0633. The molecular weight excluding hydrogens is 502 g/mol. The minimum atomic E-state index is -3.97. The SMILES string of the molecule is [C-]#[N+]c1ccc(O[C@H]2CN(S(=O)(=O)c3ccc(I)cn3)C[C@@]2(O)CN)cc1F. The Morgan fingerprint density at radius 1 is 1.46 bits per heavy atom. The Kier molecular flexibility index (Phi) is 5.87. The molecule has 2 aromatic rings. The van der Waals surface area contributed by atoms with Crippen LogP contribution in [0.3, 0.4) is 0 Å². The zero-order valence-electron chi connectivity index (χ0n) is 14.4. The second-order valence-electron chi connectivity index (χ2n) is 6.25. The molecule has 1 aromatic heterocycles. The number of nitrogens with two attached hydrogens (primary N) is 1. The Hall–Kier alpha value is -1.85. The summed E-state index contributed by atoms with van der Waals surface area (Å²) >= 11 is 2.01. The van der Waals surface area contributed by atoms with Gasteiger partial charge in [-0.25, -0.2) is 22.6 Å². The zero-order chi connectivity index (χ0) is 20.5. The van der Waals surface area contributed by atoms with Crippen LogP contribution in [-0.2, 0) is 10.0 Å². The van der Waals surface area contributed by atoms with Gasteiger partial charge in [0.1, 0.15) is 23.3 Å². The number of pyridine rings is 1. The molecule has 0 spiro atoms. The maximum atomic E-state index is 13.8. The number of aromatic nitrogens is 1. The van der Waals surface area contributed by atoms with Crippen LogP contribution >= 0.6 is 22.6 Å². The minimum Gasteiger partial charge on any atom is -0.486 e. The summed E-state index contributed by atoms with van der Waals surface area (Å²) in [6, 6.07) is 6.64. The number of benzene rings is 1.